The molecule has 0 fully saturated rings. The van der Waals surface area contributed by atoms with Crippen LogP contribution in [0.5, 0.6) is 0 Å². The van der Waals surface area contributed by atoms with Crippen molar-refractivity contribution in [2.45, 2.75) is 29.7 Å². The summed E-state index contributed by atoms with van der Waals surface area (Å²) in [4.78, 5) is 13.0. The zero-order valence-corrected chi connectivity index (χ0v) is 16.3. The van der Waals surface area contributed by atoms with Gasteiger partial charge in [-0.1, -0.05) is 30.4 Å². The first-order valence-corrected chi connectivity index (χ1v) is 11.3. The molecule has 0 radical (unpaired) electrons. The molecule has 3 aromatic rings. The van der Waals surface area contributed by atoms with Crippen molar-refractivity contribution in [3.05, 3.63) is 52.1 Å². The third-order valence-corrected chi connectivity index (χ3v) is 6.85. The van der Waals surface area contributed by atoms with Crippen molar-refractivity contribution in [3.63, 3.8) is 0 Å². The first-order valence-electron chi connectivity index (χ1n) is 7.75. The average molecular weight is 395 g/mol. The van der Waals surface area contributed by atoms with Crippen molar-refractivity contribution in [2.75, 3.05) is 11.0 Å². The molecule has 3 rings (SSSR count). The molecule has 132 valence electrons. The van der Waals surface area contributed by atoms with E-state index in [4.69, 9.17) is 0 Å². The van der Waals surface area contributed by atoms with E-state index in [9.17, 15) is 13.2 Å². The minimum absolute atomic E-state index is 0.0629. The molecule has 8 heteroatoms. The number of anilines is 1. The van der Waals surface area contributed by atoms with E-state index in [0.717, 1.165) is 28.2 Å². The molecule has 0 saturated carbocycles. The van der Waals surface area contributed by atoms with Gasteiger partial charge in [0.25, 0.3) is 10.0 Å². The summed E-state index contributed by atoms with van der Waals surface area (Å²) in [5.41, 5.74) is 1.33. The number of thioether (sulfide) groups is 1. The van der Waals surface area contributed by atoms with Gasteiger partial charge in [0.1, 0.15) is 0 Å². The van der Waals surface area contributed by atoms with Gasteiger partial charge in [0.05, 0.1) is 20.8 Å². The molecule has 0 amide bonds. The largest absolute Gasteiger partial charge is 0.308 e. The predicted molar refractivity (Wildman–Crippen MR) is 105 cm³/mol. The van der Waals surface area contributed by atoms with Crippen LogP contribution in [0.3, 0.4) is 0 Å². The number of aromatic nitrogens is 1. The lowest BCUT2D eigenvalue weighted by molar-refractivity contribution is 0.601. The van der Waals surface area contributed by atoms with E-state index in [2.05, 4.69) is 4.72 Å². The number of thiazole rings is 1. The molecule has 0 aliphatic carbocycles. The van der Waals surface area contributed by atoms with Crippen LogP contribution in [-0.2, 0) is 16.6 Å². The van der Waals surface area contributed by atoms with Crippen molar-refractivity contribution in [1.29, 1.82) is 0 Å². The van der Waals surface area contributed by atoms with Crippen LogP contribution in [0.2, 0.25) is 0 Å². The van der Waals surface area contributed by atoms with Crippen LogP contribution in [0.25, 0.3) is 10.2 Å². The fourth-order valence-electron chi connectivity index (χ4n) is 2.58. The van der Waals surface area contributed by atoms with E-state index in [1.54, 1.807) is 34.9 Å². The van der Waals surface area contributed by atoms with E-state index in [0.29, 0.717) is 16.9 Å². The van der Waals surface area contributed by atoms with Crippen molar-refractivity contribution in [2.24, 2.45) is 0 Å². The number of hydrogen-bond acceptors (Lipinski definition) is 5. The fraction of sp³-hybridized carbons (Fsp3) is 0.235. The molecule has 1 aromatic heterocycles. The highest BCUT2D eigenvalue weighted by Gasteiger charge is 2.18. The molecule has 2 aromatic carbocycles. The zero-order chi connectivity index (χ0) is 18.0. The predicted octanol–water partition coefficient (Wildman–Crippen LogP) is 4.00. The smallest absolute Gasteiger partial charge is 0.299 e. The number of hydrogen-bond donors (Lipinski definition) is 1. The molecule has 0 unspecified atom stereocenters. The first-order chi connectivity index (χ1) is 12.0. The lowest BCUT2D eigenvalue weighted by Gasteiger charge is -2.11. The SMILES string of the molecule is CCCn1c(=O)sc2cc(S(=O)(=O)Nc3ccccc3SC)ccc21. The summed E-state index contributed by atoms with van der Waals surface area (Å²) in [6.07, 6.45) is 2.74. The minimum Gasteiger partial charge on any atom is -0.299 e. The summed E-state index contributed by atoms with van der Waals surface area (Å²) < 4.78 is 30.5. The maximum absolute atomic E-state index is 12.7. The Morgan fingerprint density at radius 2 is 1.96 bits per heavy atom. The molecule has 0 saturated heterocycles. The highest BCUT2D eigenvalue weighted by atomic mass is 32.2. The molecule has 5 nitrogen and oxygen atoms in total. The fourth-order valence-corrected chi connectivity index (χ4v) is 5.34. The second-order valence-corrected chi connectivity index (χ2v) is 8.98. The number of fused-ring (bicyclic) bond motifs is 1. The van der Waals surface area contributed by atoms with Gasteiger partial charge >= 0.3 is 4.87 Å². The zero-order valence-electron chi connectivity index (χ0n) is 13.9. The third kappa shape index (κ3) is 3.61. The van der Waals surface area contributed by atoms with Gasteiger partial charge in [-0.25, -0.2) is 8.42 Å². The highest BCUT2D eigenvalue weighted by molar-refractivity contribution is 7.99. The van der Waals surface area contributed by atoms with E-state index < -0.39 is 10.0 Å². The molecule has 1 N–H and O–H groups in total. The van der Waals surface area contributed by atoms with Gasteiger partial charge in [0.2, 0.25) is 0 Å². The average Bonchev–Trinajstić information content (AvgIpc) is 2.90. The summed E-state index contributed by atoms with van der Waals surface area (Å²) in [6, 6.07) is 12.1. The third-order valence-electron chi connectivity index (χ3n) is 3.75. The molecule has 25 heavy (non-hydrogen) atoms. The molecule has 0 atom stereocenters. The van der Waals surface area contributed by atoms with Crippen molar-refractivity contribution < 1.29 is 8.42 Å². The number of para-hydroxylation sites is 1. The summed E-state index contributed by atoms with van der Waals surface area (Å²) >= 11 is 2.55. The molecule has 0 spiro atoms. The Kier molecular flexibility index (Phi) is 5.21. The van der Waals surface area contributed by atoms with Gasteiger partial charge < -0.3 is 0 Å². The van der Waals surface area contributed by atoms with Crippen LogP contribution >= 0.6 is 23.1 Å². The standard InChI is InChI=1S/C17H18N2O3S3/c1-3-10-19-14-9-8-12(11-16(14)24-17(19)20)25(21,22)18-13-6-4-5-7-15(13)23-2/h4-9,11,18H,3,10H2,1-2H3. The molecule has 1 heterocycles. The summed E-state index contributed by atoms with van der Waals surface area (Å²) in [7, 11) is -3.72. The Morgan fingerprint density at radius 1 is 1.20 bits per heavy atom. The highest BCUT2D eigenvalue weighted by Crippen LogP contribution is 2.28. The van der Waals surface area contributed by atoms with Crippen LogP contribution in [0.1, 0.15) is 13.3 Å². The van der Waals surface area contributed by atoms with Gasteiger partial charge in [-0.2, -0.15) is 0 Å². The van der Waals surface area contributed by atoms with Gasteiger partial charge in [-0.05, 0) is 43.0 Å². The van der Waals surface area contributed by atoms with E-state index in [-0.39, 0.29) is 9.77 Å². The number of benzene rings is 2. The molecular weight excluding hydrogens is 376 g/mol. The lowest BCUT2D eigenvalue weighted by atomic mass is 10.3. The Bertz CT molecular complexity index is 1070. The topological polar surface area (TPSA) is 68.2 Å². The Balaban J connectivity index is 2.01. The minimum atomic E-state index is -3.72. The summed E-state index contributed by atoms with van der Waals surface area (Å²) in [5.74, 6) is 0. The normalized spacial score (nSPS) is 11.8. The van der Waals surface area contributed by atoms with Crippen LogP contribution < -0.4 is 9.60 Å². The number of nitrogens with zero attached hydrogens (tertiary/aromatic N) is 1. The van der Waals surface area contributed by atoms with Crippen LogP contribution in [0.4, 0.5) is 5.69 Å². The summed E-state index contributed by atoms with van der Waals surface area (Å²) in [5, 5.41) is 0. The Hall–Kier alpha value is -1.77. The van der Waals surface area contributed by atoms with E-state index in [1.807, 2.05) is 25.3 Å². The van der Waals surface area contributed by atoms with Gasteiger partial charge in [-0.15, -0.1) is 11.8 Å². The second kappa shape index (κ2) is 7.23. The molecular formula is C17H18N2O3S3. The van der Waals surface area contributed by atoms with Gasteiger partial charge in [0.15, 0.2) is 0 Å². The van der Waals surface area contributed by atoms with Crippen LogP contribution in [-0.4, -0.2) is 19.2 Å². The summed E-state index contributed by atoms with van der Waals surface area (Å²) in [6.45, 7) is 2.63. The molecule has 0 bridgehead atoms. The molecule has 0 aliphatic heterocycles. The quantitative estimate of drug-likeness (QED) is 0.642. The molecule has 0 aliphatic rings. The Labute approximate surface area is 154 Å². The van der Waals surface area contributed by atoms with Crippen molar-refractivity contribution in [1.82, 2.24) is 4.57 Å². The Morgan fingerprint density at radius 3 is 2.68 bits per heavy atom. The van der Waals surface area contributed by atoms with Crippen LogP contribution in [0, 0.1) is 0 Å². The monoisotopic (exact) mass is 394 g/mol. The van der Waals surface area contributed by atoms with Crippen molar-refractivity contribution >= 4 is 49.0 Å². The lowest BCUT2D eigenvalue weighted by Crippen LogP contribution is -2.14. The van der Waals surface area contributed by atoms with E-state index in [1.165, 1.54) is 11.8 Å². The van der Waals surface area contributed by atoms with Gasteiger partial charge in [0, 0.05) is 11.4 Å². The second-order valence-electron chi connectivity index (χ2n) is 5.45. The maximum atomic E-state index is 12.7. The number of aryl methyl sites for hydroxylation is 1. The number of sulfonamides is 1. The first kappa shape index (κ1) is 18.0. The van der Waals surface area contributed by atoms with E-state index >= 15 is 0 Å². The van der Waals surface area contributed by atoms with Crippen LogP contribution in [0.15, 0.2) is 57.1 Å². The van der Waals surface area contributed by atoms with Gasteiger partial charge in [-0.3, -0.25) is 14.1 Å². The maximum Gasteiger partial charge on any atom is 0.308 e. The van der Waals surface area contributed by atoms with Crippen molar-refractivity contribution in [3.8, 4) is 0 Å². The number of rotatable bonds is 6. The number of nitrogens with one attached hydrogen (secondary N) is 1.